The third-order valence-corrected chi connectivity index (χ3v) is 9.24. The summed E-state index contributed by atoms with van der Waals surface area (Å²) in [5.74, 6) is 0.264. The smallest absolute Gasteiger partial charge is 0.390 e. The average molecular weight is 607 g/mol. The van der Waals surface area contributed by atoms with Crippen molar-refractivity contribution in [1.29, 1.82) is 0 Å². The second kappa shape index (κ2) is 14.4. The Labute approximate surface area is 237 Å². The summed E-state index contributed by atoms with van der Waals surface area (Å²) in [4.78, 5) is 28.4. The Morgan fingerprint density at radius 1 is 1.08 bits per heavy atom. The third kappa shape index (κ3) is 10.4. The summed E-state index contributed by atoms with van der Waals surface area (Å²) in [7, 11) is -2.80. The number of anilines is 1. The van der Waals surface area contributed by atoms with Gasteiger partial charge in [0.1, 0.15) is 23.9 Å². The van der Waals surface area contributed by atoms with Crippen LogP contribution in [0.2, 0.25) is 0 Å². The van der Waals surface area contributed by atoms with Gasteiger partial charge >= 0.3 is 7.82 Å². The summed E-state index contributed by atoms with van der Waals surface area (Å²) in [6.45, 7) is 10.3. The number of fused-ring (bicyclic) bond motifs is 1. The zero-order chi connectivity index (χ0) is 29.4. The zero-order valence-corrected chi connectivity index (χ0v) is 25.9. The third-order valence-electron chi connectivity index (χ3n) is 5.30. The van der Waals surface area contributed by atoms with Crippen molar-refractivity contribution in [3.05, 3.63) is 24.2 Å². The van der Waals surface area contributed by atoms with Gasteiger partial charge in [-0.05, 0) is 12.1 Å². The van der Waals surface area contributed by atoms with E-state index in [0.717, 1.165) is 23.5 Å². The quantitative estimate of drug-likeness (QED) is 0.181. The van der Waals surface area contributed by atoms with E-state index in [1.54, 1.807) is 58.2 Å². The largest absolute Gasteiger partial charge is 0.475 e. The minimum absolute atomic E-state index is 0.0402. The van der Waals surface area contributed by atoms with E-state index in [1.807, 2.05) is 0 Å². The van der Waals surface area contributed by atoms with Crippen molar-refractivity contribution in [3.63, 3.8) is 0 Å². The first-order valence-corrected chi connectivity index (χ1v) is 15.7. The van der Waals surface area contributed by atoms with Gasteiger partial charge in [0.25, 0.3) is 0 Å². The van der Waals surface area contributed by atoms with Gasteiger partial charge in [0.2, 0.25) is 0 Å². The molecule has 3 atom stereocenters. The van der Waals surface area contributed by atoms with Crippen molar-refractivity contribution < 1.29 is 37.6 Å². The molecule has 2 rings (SSSR count). The molecule has 0 saturated carbocycles. The van der Waals surface area contributed by atoms with E-state index in [9.17, 15) is 19.3 Å². The monoisotopic (exact) mass is 606 g/mol. The Morgan fingerprint density at radius 3 is 2.33 bits per heavy atom. The molecule has 0 aliphatic heterocycles. The number of nitrogens with zero attached hydrogens (tertiary/aromatic N) is 3. The van der Waals surface area contributed by atoms with Crippen LogP contribution in [0.25, 0.3) is 5.52 Å². The van der Waals surface area contributed by atoms with Gasteiger partial charge in [-0.1, -0.05) is 65.1 Å². The number of aliphatic hydroxyl groups is 1. The molecular formula is C24H39N4O8PS2. The highest BCUT2D eigenvalue weighted by Gasteiger charge is 2.32. The van der Waals surface area contributed by atoms with E-state index in [0.29, 0.717) is 17.0 Å². The number of ether oxygens (including phenoxy) is 1. The highest BCUT2D eigenvalue weighted by Crippen LogP contribution is 2.50. The van der Waals surface area contributed by atoms with Crippen molar-refractivity contribution in [1.82, 2.24) is 14.6 Å². The summed E-state index contributed by atoms with van der Waals surface area (Å²) in [5.41, 5.74) is 5.97. The standard InChI is InChI=1S/C24H39N4O8PS2/c1-23(2,3)21(30)38-11-10-34-37(32,36-15-39-22(31)24(4,5)6)35-13-19(33-7)18(29)12-16-8-9-17-20(25)26-14-27-28(16)17/h8-9,14,18-19,29H,10-13,15H2,1-7H3,(H2,25,26,27)/t18-,19+,37?/m0/s1. The molecule has 1 unspecified atom stereocenters. The number of methoxy groups -OCH3 is 1. The molecule has 0 saturated heterocycles. The fourth-order valence-corrected chi connectivity index (χ4v) is 6.02. The number of hydrogen-bond donors (Lipinski definition) is 2. The lowest BCUT2D eigenvalue weighted by Gasteiger charge is -2.24. The SMILES string of the molecule is CO[C@H](COP(=O)(OCCSC(=O)C(C)(C)C)OCSC(=O)C(C)(C)C)[C@@H](O)Cc1ccc2c(N)ncnn12. The van der Waals surface area contributed by atoms with Crippen LogP contribution in [0.1, 0.15) is 47.2 Å². The minimum Gasteiger partial charge on any atom is -0.390 e. The molecule has 2 aromatic heterocycles. The summed E-state index contributed by atoms with van der Waals surface area (Å²) in [5, 5.41) is 14.8. The number of hydrogen-bond acceptors (Lipinski definition) is 13. The van der Waals surface area contributed by atoms with Gasteiger partial charge in [0.15, 0.2) is 16.0 Å². The Balaban J connectivity index is 2.04. The lowest BCUT2D eigenvalue weighted by Crippen LogP contribution is -2.34. The van der Waals surface area contributed by atoms with Crippen molar-refractivity contribution in [2.75, 3.05) is 37.7 Å². The number of nitrogens with two attached hydrogens (primary N) is 1. The van der Waals surface area contributed by atoms with Gasteiger partial charge in [-0.15, -0.1) is 0 Å². The first-order valence-electron chi connectivity index (χ1n) is 12.2. The first-order chi connectivity index (χ1) is 18.1. The topological polar surface area (TPSA) is 165 Å². The number of nitrogen functional groups attached to an aromatic ring is 1. The molecule has 0 radical (unpaired) electrons. The normalized spacial score (nSPS) is 15.7. The zero-order valence-electron chi connectivity index (χ0n) is 23.4. The van der Waals surface area contributed by atoms with E-state index >= 15 is 0 Å². The van der Waals surface area contributed by atoms with Crippen molar-refractivity contribution in [3.8, 4) is 0 Å². The van der Waals surface area contributed by atoms with E-state index < -0.39 is 30.9 Å². The molecule has 0 aromatic carbocycles. The maximum atomic E-state index is 13.4. The molecule has 2 aromatic rings. The van der Waals surface area contributed by atoms with E-state index in [4.69, 9.17) is 24.0 Å². The van der Waals surface area contributed by atoms with E-state index in [-0.39, 0.29) is 41.6 Å². The van der Waals surface area contributed by atoms with Crippen LogP contribution in [-0.2, 0) is 38.9 Å². The van der Waals surface area contributed by atoms with Crippen molar-refractivity contribution in [2.45, 2.75) is 60.2 Å². The molecule has 2 heterocycles. The molecule has 0 aliphatic carbocycles. The minimum atomic E-state index is -4.18. The van der Waals surface area contributed by atoms with Crippen LogP contribution >= 0.6 is 31.3 Å². The number of phosphoric acid groups is 1. The Morgan fingerprint density at radius 2 is 1.72 bits per heavy atom. The summed E-state index contributed by atoms with van der Waals surface area (Å²) in [6, 6.07) is 3.50. The van der Waals surface area contributed by atoms with Crippen LogP contribution < -0.4 is 5.73 Å². The van der Waals surface area contributed by atoms with Crippen LogP contribution in [-0.4, -0.2) is 74.2 Å². The fourth-order valence-electron chi connectivity index (χ4n) is 2.98. The average Bonchev–Trinajstić information content (AvgIpc) is 3.25. The van der Waals surface area contributed by atoms with Crippen LogP contribution in [0.3, 0.4) is 0 Å². The Hall–Kier alpha value is -1.51. The number of phosphoric ester groups is 1. The van der Waals surface area contributed by atoms with Crippen molar-refractivity contribution >= 4 is 52.9 Å². The fraction of sp³-hybridized carbons (Fsp3) is 0.667. The van der Waals surface area contributed by atoms with E-state index in [1.165, 1.54) is 13.4 Å². The second-order valence-electron chi connectivity index (χ2n) is 10.7. The highest BCUT2D eigenvalue weighted by atomic mass is 32.2. The van der Waals surface area contributed by atoms with Gasteiger partial charge in [-0.25, -0.2) is 14.1 Å². The number of rotatable bonds is 14. The van der Waals surface area contributed by atoms with Gasteiger partial charge in [-0.3, -0.25) is 23.2 Å². The number of aromatic nitrogens is 3. The van der Waals surface area contributed by atoms with Gasteiger partial charge in [0.05, 0.1) is 19.3 Å². The van der Waals surface area contributed by atoms with Gasteiger partial charge < -0.3 is 15.6 Å². The van der Waals surface area contributed by atoms with Crippen LogP contribution in [0.15, 0.2) is 18.5 Å². The lowest BCUT2D eigenvalue weighted by molar-refractivity contribution is -0.118. The molecule has 12 nitrogen and oxygen atoms in total. The molecule has 220 valence electrons. The van der Waals surface area contributed by atoms with Crippen molar-refractivity contribution in [2.24, 2.45) is 10.8 Å². The molecule has 0 spiro atoms. The lowest BCUT2D eigenvalue weighted by atomic mass is 9.99. The number of thioether (sulfide) groups is 2. The molecule has 0 bridgehead atoms. The maximum Gasteiger partial charge on any atom is 0.475 e. The summed E-state index contributed by atoms with van der Waals surface area (Å²) < 4.78 is 36.7. The Bertz CT molecular complexity index is 1170. The predicted molar refractivity (Wildman–Crippen MR) is 152 cm³/mol. The van der Waals surface area contributed by atoms with Crippen LogP contribution in [0.5, 0.6) is 0 Å². The predicted octanol–water partition coefficient (Wildman–Crippen LogP) is 3.96. The molecule has 0 fully saturated rings. The first kappa shape index (κ1) is 33.7. The number of aliphatic hydroxyl groups excluding tert-OH is 1. The molecule has 0 amide bonds. The van der Waals surface area contributed by atoms with Crippen LogP contribution in [0, 0.1) is 10.8 Å². The molecule has 0 aliphatic rings. The van der Waals surface area contributed by atoms with Gasteiger partial charge in [0, 0.05) is 35.8 Å². The summed E-state index contributed by atoms with van der Waals surface area (Å²) >= 11 is 1.90. The summed E-state index contributed by atoms with van der Waals surface area (Å²) in [6.07, 6.45) is -0.541. The Kier molecular flexibility index (Phi) is 12.4. The highest BCUT2D eigenvalue weighted by molar-refractivity contribution is 8.14. The second-order valence-corrected chi connectivity index (χ2v) is 14.3. The molecular weight excluding hydrogens is 567 g/mol. The molecule has 39 heavy (non-hydrogen) atoms. The molecule has 15 heteroatoms. The van der Waals surface area contributed by atoms with E-state index in [2.05, 4.69) is 10.1 Å². The van der Waals surface area contributed by atoms with Crippen LogP contribution in [0.4, 0.5) is 5.82 Å². The maximum absolute atomic E-state index is 13.4. The molecule has 3 N–H and O–H groups in total. The number of carbonyl (C=O) groups is 2. The van der Waals surface area contributed by atoms with Gasteiger partial charge in [-0.2, -0.15) is 5.10 Å². The number of carbonyl (C=O) groups excluding carboxylic acids is 2.